The van der Waals surface area contributed by atoms with Gasteiger partial charge in [-0.2, -0.15) is 0 Å². The van der Waals surface area contributed by atoms with Gasteiger partial charge in [0.25, 0.3) is 5.91 Å². The second-order valence-corrected chi connectivity index (χ2v) is 11.8. The van der Waals surface area contributed by atoms with E-state index in [4.69, 9.17) is 15.2 Å². The molecular weight excluding hydrogens is 538 g/mol. The van der Waals surface area contributed by atoms with Crippen molar-refractivity contribution in [2.24, 2.45) is 5.73 Å². The lowest BCUT2D eigenvalue weighted by atomic mass is 9.87. The van der Waals surface area contributed by atoms with E-state index in [1.54, 1.807) is 13.8 Å². The van der Waals surface area contributed by atoms with E-state index in [1.165, 1.54) is 17.3 Å². The third kappa shape index (κ3) is 7.18. The van der Waals surface area contributed by atoms with Crippen molar-refractivity contribution in [1.29, 1.82) is 0 Å². The fourth-order valence-corrected chi connectivity index (χ4v) is 5.75. The van der Waals surface area contributed by atoms with Crippen molar-refractivity contribution >= 4 is 45.9 Å². The van der Waals surface area contributed by atoms with Gasteiger partial charge >= 0.3 is 5.97 Å². The van der Waals surface area contributed by atoms with Crippen molar-refractivity contribution < 1.29 is 23.9 Å². The lowest BCUT2D eigenvalue weighted by molar-refractivity contribution is -0.113. The van der Waals surface area contributed by atoms with Gasteiger partial charge < -0.3 is 25.1 Å². The fourth-order valence-electron chi connectivity index (χ4n) is 3.87. The van der Waals surface area contributed by atoms with Gasteiger partial charge in [0.05, 0.1) is 22.8 Å². The summed E-state index contributed by atoms with van der Waals surface area (Å²) in [5.41, 5.74) is 7.23. The van der Waals surface area contributed by atoms with Crippen LogP contribution in [-0.2, 0) is 21.5 Å². The quantitative estimate of drug-likeness (QED) is 0.238. The lowest BCUT2D eigenvalue weighted by Crippen LogP contribution is -2.17. The molecule has 0 aliphatic carbocycles. The van der Waals surface area contributed by atoms with Gasteiger partial charge in [-0.15, -0.1) is 21.5 Å². The minimum absolute atomic E-state index is 0.00670. The highest BCUT2D eigenvalue weighted by Crippen LogP contribution is 2.34. The Morgan fingerprint density at radius 3 is 2.38 bits per heavy atom. The fraction of sp³-hybridized carbons (Fsp3) is 0.444. The van der Waals surface area contributed by atoms with Crippen molar-refractivity contribution in [3.8, 4) is 5.75 Å². The van der Waals surface area contributed by atoms with Crippen LogP contribution < -0.4 is 15.8 Å². The number of thiophene rings is 1. The molecule has 1 unspecified atom stereocenters. The molecule has 1 atom stereocenters. The Labute approximate surface area is 236 Å². The SMILES string of the molecule is CCOC(=O)c1c(NC(=O)CSc2nnc(C(C)Oc3ccc(C(C)(C)C)cc3)n2CC)sc(C(N)=O)c1C. The predicted molar refractivity (Wildman–Crippen MR) is 153 cm³/mol. The minimum Gasteiger partial charge on any atom is -0.483 e. The van der Waals surface area contributed by atoms with Crippen LogP contribution in [0.25, 0.3) is 0 Å². The number of carbonyl (C=O) groups is 3. The Hall–Kier alpha value is -3.38. The maximum Gasteiger partial charge on any atom is 0.341 e. The zero-order valence-corrected chi connectivity index (χ0v) is 24.9. The monoisotopic (exact) mass is 573 g/mol. The summed E-state index contributed by atoms with van der Waals surface area (Å²) in [6.07, 6.45) is -0.366. The molecule has 0 spiro atoms. The number of hydrogen-bond donors (Lipinski definition) is 2. The first-order valence-corrected chi connectivity index (χ1v) is 14.4. The van der Waals surface area contributed by atoms with E-state index in [0.717, 1.165) is 17.1 Å². The van der Waals surface area contributed by atoms with E-state index < -0.39 is 11.9 Å². The number of nitrogens with one attached hydrogen (secondary N) is 1. The van der Waals surface area contributed by atoms with Gasteiger partial charge in [-0.3, -0.25) is 9.59 Å². The van der Waals surface area contributed by atoms with Gasteiger partial charge in [0.2, 0.25) is 5.91 Å². The Morgan fingerprint density at radius 1 is 1.15 bits per heavy atom. The number of rotatable bonds is 11. The second-order valence-electron chi connectivity index (χ2n) is 9.80. The molecule has 1 aromatic carbocycles. The highest BCUT2D eigenvalue weighted by Gasteiger charge is 2.26. The molecule has 0 radical (unpaired) electrons. The lowest BCUT2D eigenvalue weighted by Gasteiger charge is -2.20. The number of carbonyl (C=O) groups excluding carboxylic acids is 3. The predicted octanol–water partition coefficient (Wildman–Crippen LogP) is 5.11. The molecule has 3 rings (SSSR count). The molecule has 0 saturated carbocycles. The summed E-state index contributed by atoms with van der Waals surface area (Å²) in [7, 11) is 0. The van der Waals surface area contributed by atoms with Gasteiger partial charge in [0, 0.05) is 6.54 Å². The molecule has 12 heteroatoms. The molecule has 0 aliphatic heterocycles. The van der Waals surface area contributed by atoms with E-state index in [1.807, 2.05) is 30.5 Å². The van der Waals surface area contributed by atoms with Crippen molar-refractivity contribution in [2.45, 2.75) is 71.7 Å². The van der Waals surface area contributed by atoms with Crippen LogP contribution in [0, 0.1) is 6.92 Å². The Bertz CT molecular complexity index is 1340. The average Bonchev–Trinajstić information content (AvgIpc) is 3.43. The van der Waals surface area contributed by atoms with E-state index in [0.29, 0.717) is 23.1 Å². The number of primary amides is 1. The second kappa shape index (κ2) is 12.6. The summed E-state index contributed by atoms with van der Waals surface area (Å²) in [5.74, 6) is -0.300. The molecule has 39 heavy (non-hydrogen) atoms. The number of nitrogens with two attached hydrogens (primary N) is 1. The summed E-state index contributed by atoms with van der Waals surface area (Å²) in [6, 6.07) is 8.01. The molecule has 2 amide bonds. The first kappa shape index (κ1) is 30.2. The smallest absolute Gasteiger partial charge is 0.341 e. The van der Waals surface area contributed by atoms with Gasteiger partial charge in [-0.1, -0.05) is 44.7 Å². The highest BCUT2D eigenvalue weighted by atomic mass is 32.2. The number of aromatic nitrogens is 3. The van der Waals surface area contributed by atoms with Gasteiger partial charge in [-0.05, 0) is 56.4 Å². The number of thioether (sulfide) groups is 1. The topological polar surface area (TPSA) is 138 Å². The number of nitrogens with zero attached hydrogens (tertiary/aromatic N) is 3. The number of hydrogen-bond acceptors (Lipinski definition) is 9. The van der Waals surface area contributed by atoms with E-state index >= 15 is 0 Å². The molecule has 0 aliphatic rings. The Kier molecular flexibility index (Phi) is 9.78. The first-order valence-electron chi connectivity index (χ1n) is 12.6. The Balaban J connectivity index is 1.70. The van der Waals surface area contributed by atoms with Crippen molar-refractivity contribution in [3.05, 3.63) is 51.7 Å². The van der Waals surface area contributed by atoms with Crippen LogP contribution in [0.2, 0.25) is 0 Å². The van der Waals surface area contributed by atoms with Gasteiger partial charge in [0.15, 0.2) is 17.1 Å². The summed E-state index contributed by atoms with van der Waals surface area (Å²) >= 11 is 2.16. The summed E-state index contributed by atoms with van der Waals surface area (Å²) in [4.78, 5) is 37.3. The standard InChI is InChI=1S/C27H35N5O5S2/c1-8-32-23(16(4)37-18-12-10-17(11-13-18)27(5,6)7)30-31-26(32)38-14-19(33)29-24-20(25(35)36-9-2)15(3)21(39-24)22(28)34/h10-13,16H,8-9,14H2,1-7H3,(H2,28,34)(H,29,33). The highest BCUT2D eigenvalue weighted by molar-refractivity contribution is 7.99. The molecule has 0 bridgehead atoms. The average molecular weight is 574 g/mol. The number of esters is 1. The molecule has 3 N–H and O–H groups in total. The van der Waals surface area contributed by atoms with Crippen molar-refractivity contribution in [1.82, 2.24) is 14.8 Å². The van der Waals surface area contributed by atoms with E-state index in [2.05, 4.69) is 48.4 Å². The van der Waals surface area contributed by atoms with Crippen molar-refractivity contribution in [2.75, 3.05) is 17.7 Å². The normalized spacial score (nSPS) is 12.2. The summed E-state index contributed by atoms with van der Waals surface area (Å²) in [6.45, 7) is 14.4. The van der Waals surface area contributed by atoms with Crippen LogP contribution >= 0.6 is 23.1 Å². The Morgan fingerprint density at radius 2 is 1.82 bits per heavy atom. The van der Waals surface area contributed by atoms with Gasteiger partial charge in [-0.25, -0.2) is 4.79 Å². The molecule has 0 fully saturated rings. The van der Waals surface area contributed by atoms with Crippen LogP contribution in [0.3, 0.4) is 0 Å². The summed E-state index contributed by atoms with van der Waals surface area (Å²) < 4.78 is 13.1. The number of amides is 2. The zero-order chi connectivity index (χ0) is 28.9. The van der Waals surface area contributed by atoms with Crippen LogP contribution in [0.15, 0.2) is 29.4 Å². The number of benzene rings is 1. The number of anilines is 1. The molecule has 0 saturated heterocycles. The van der Waals surface area contributed by atoms with E-state index in [9.17, 15) is 14.4 Å². The van der Waals surface area contributed by atoms with Crippen molar-refractivity contribution in [3.63, 3.8) is 0 Å². The maximum absolute atomic E-state index is 12.8. The molecule has 2 heterocycles. The first-order chi connectivity index (χ1) is 18.4. The molecule has 210 valence electrons. The number of ether oxygens (including phenoxy) is 2. The van der Waals surface area contributed by atoms with Gasteiger partial charge in [0.1, 0.15) is 10.8 Å². The molecule has 2 aromatic heterocycles. The molecule has 3 aromatic rings. The third-order valence-corrected chi connectivity index (χ3v) is 8.08. The molecular formula is C27H35N5O5S2. The third-order valence-electron chi connectivity index (χ3n) is 5.89. The van der Waals surface area contributed by atoms with Crippen LogP contribution in [0.5, 0.6) is 5.75 Å². The van der Waals surface area contributed by atoms with E-state index in [-0.39, 0.29) is 45.2 Å². The minimum atomic E-state index is -0.678. The largest absolute Gasteiger partial charge is 0.483 e. The maximum atomic E-state index is 12.8. The van der Waals surface area contributed by atoms with Crippen LogP contribution in [-0.4, -0.2) is 44.9 Å². The zero-order valence-electron chi connectivity index (χ0n) is 23.3. The van der Waals surface area contributed by atoms with Crippen LogP contribution in [0.1, 0.15) is 84.6 Å². The summed E-state index contributed by atoms with van der Waals surface area (Å²) in [5, 5.41) is 12.1. The molecule has 10 nitrogen and oxygen atoms in total. The van der Waals surface area contributed by atoms with Crippen LogP contribution in [0.4, 0.5) is 5.00 Å².